The van der Waals surface area contributed by atoms with Gasteiger partial charge in [-0.3, -0.25) is 9.58 Å². The lowest BCUT2D eigenvalue weighted by Crippen LogP contribution is -2.31. The van der Waals surface area contributed by atoms with Crippen LogP contribution in [0, 0.1) is 0 Å². The average Bonchev–Trinajstić information content (AvgIpc) is 2.55. The van der Waals surface area contributed by atoms with E-state index >= 15 is 0 Å². The Morgan fingerprint density at radius 2 is 2.14 bits per heavy atom. The number of fused-ring (bicyclic) bond motifs is 1. The molecule has 0 saturated carbocycles. The summed E-state index contributed by atoms with van der Waals surface area (Å²) in [4.78, 5) is 2.43. The Kier molecular flexibility index (Phi) is 2.46. The van der Waals surface area contributed by atoms with Gasteiger partial charge >= 0.3 is 0 Å². The van der Waals surface area contributed by atoms with Gasteiger partial charge in [0.25, 0.3) is 0 Å². The second kappa shape index (κ2) is 3.61. The first-order valence-corrected chi connectivity index (χ1v) is 5.32. The monoisotopic (exact) mass is 194 g/mol. The third kappa shape index (κ3) is 1.39. The number of nitrogens with zero attached hydrogens (tertiary/aromatic N) is 3. The largest absolute Gasteiger partial charge is 0.382 e. The van der Waals surface area contributed by atoms with Crippen LogP contribution >= 0.6 is 0 Å². The second-order valence-corrected chi connectivity index (χ2v) is 3.75. The highest BCUT2D eigenvalue weighted by Gasteiger charge is 2.21. The smallest absolute Gasteiger partial charge is 0.149 e. The molecule has 0 radical (unpaired) electrons. The first-order chi connectivity index (χ1) is 6.76. The maximum Gasteiger partial charge on any atom is 0.149 e. The highest BCUT2D eigenvalue weighted by molar-refractivity contribution is 5.44. The van der Waals surface area contributed by atoms with Crippen molar-refractivity contribution in [2.24, 2.45) is 0 Å². The molecule has 78 valence electrons. The van der Waals surface area contributed by atoms with Crippen LogP contribution in [0.4, 0.5) is 5.82 Å². The molecule has 1 aromatic rings. The zero-order chi connectivity index (χ0) is 10.1. The summed E-state index contributed by atoms with van der Waals surface area (Å²) in [6, 6.07) is 0. The Hall–Kier alpha value is -1.03. The fraction of sp³-hybridized carbons (Fsp3) is 0.700. The number of nitrogen functional groups attached to an aromatic ring is 1. The average molecular weight is 194 g/mol. The molecule has 2 heterocycles. The molecule has 0 amide bonds. The Bertz CT molecular complexity index is 329. The number of nitrogens with two attached hydrogens (primary N) is 1. The molecule has 2 N–H and O–H groups in total. The topological polar surface area (TPSA) is 47.1 Å². The predicted molar refractivity (Wildman–Crippen MR) is 57.0 cm³/mol. The molecule has 0 atom stereocenters. The highest BCUT2D eigenvalue weighted by atomic mass is 15.3. The fourth-order valence-corrected chi connectivity index (χ4v) is 2.10. The van der Waals surface area contributed by atoms with Crippen LogP contribution in [0.15, 0.2) is 0 Å². The third-order valence-electron chi connectivity index (χ3n) is 3.00. The van der Waals surface area contributed by atoms with Crippen molar-refractivity contribution in [1.82, 2.24) is 14.7 Å². The highest BCUT2D eigenvalue weighted by Crippen LogP contribution is 2.23. The number of hydrogen-bond acceptors (Lipinski definition) is 3. The summed E-state index contributed by atoms with van der Waals surface area (Å²) >= 11 is 0. The van der Waals surface area contributed by atoms with E-state index in [1.54, 1.807) is 0 Å². The van der Waals surface area contributed by atoms with E-state index in [-0.39, 0.29) is 0 Å². The maximum absolute atomic E-state index is 5.87. The predicted octanol–water partition coefficient (Wildman–Crippen LogP) is 0.863. The van der Waals surface area contributed by atoms with E-state index < -0.39 is 0 Å². The van der Waals surface area contributed by atoms with Gasteiger partial charge in [-0.25, -0.2) is 0 Å². The molecule has 0 saturated heterocycles. The molecular formula is C10H18N4. The molecule has 1 aliphatic rings. The van der Waals surface area contributed by atoms with E-state index in [0.29, 0.717) is 0 Å². The van der Waals surface area contributed by atoms with Crippen LogP contribution < -0.4 is 5.73 Å². The van der Waals surface area contributed by atoms with E-state index in [1.807, 2.05) is 4.68 Å². The van der Waals surface area contributed by atoms with Gasteiger partial charge in [0.05, 0.1) is 5.69 Å². The lowest BCUT2D eigenvalue weighted by molar-refractivity contribution is 0.258. The van der Waals surface area contributed by atoms with E-state index in [2.05, 4.69) is 23.8 Å². The van der Waals surface area contributed by atoms with Crippen molar-refractivity contribution in [3.8, 4) is 0 Å². The third-order valence-corrected chi connectivity index (χ3v) is 3.00. The standard InChI is InChI=1S/C10H18N4/c1-3-13-6-5-8-9(7-13)14(4-2)12-10(8)11/h3-7H2,1-2H3,(H2,11,12). The summed E-state index contributed by atoms with van der Waals surface area (Å²) in [7, 11) is 0. The molecule has 14 heavy (non-hydrogen) atoms. The summed E-state index contributed by atoms with van der Waals surface area (Å²) < 4.78 is 2.03. The lowest BCUT2D eigenvalue weighted by atomic mass is 10.1. The Morgan fingerprint density at radius 1 is 1.36 bits per heavy atom. The number of aryl methyl sites for hydroxylation is 1. The van der Waals surface area contributed by atoms with Crippen LogP contribution in [-0.2, 0) is 19.5 Å². The maximum atomic E-state index is 5.87. The van der Waals surface area contributed by atoms with Crippen molar-refractivity contribution < 1.29 is 0 Å². The van der Waals surface area contributed by atoms with Crippen LogP contribution in [0.2, 0.25) is 0 Å². The van der Waals surface area contributed by atoms with Gasteiger partial charge in [0.2, 0.25) is 0 Å². The SMILES string of the molecule is CCN1CCc2c(N)nn(CC)c2C1. The summed E-state index contributed by atoms with van der Waals surface area (Å²) in [5.74, 6) is 0.734. The van der Waals surface area contributed by atoms with Crippen molar-refractivity contribution >= 4 is 5.82 Å². The molecule has 0 fully saturated rings. The van der Waals surface area contributed by atoms with E-state index in [1.165, 1.54) is 11.3 Å². The first kappa shape index (κ1) is 9.52. The van der Waals surface area contributed by atoms with Gasteiger partial charge in [-0.1, -0.05) is 6.92 Å². The second-order valence-electron chi connectivity index (χ2n) is 3.75. The molecule has 2 rings (SSSR count). The molecule has 4 nitrogen and oxygen atoms in total. The van der Waals surface area contributed by atoms with Gasteiger partial charge in [-0.05, 0) is 19.9 Å². The number of anilines is 1. The molecule has 1 aliphatic heterocycles. The summed E-state index contributed by atoms with van der Waals surface area (Å²) in [5, 5.41) is 4.35. The Labute approximate surface area is 84.7 Å². The summed E-state index contributed by atoms with van der Waals surface area (Å²) in [6.07, 6.45) is 1.05. The molecule has 0 aliphatic carbocycles. The Morgan fingerprint density at radius 3 is 2.79 bits per heavy atom. The zero-order valence-corrected chi connectivity index (χ0v) is 8.95. The number of likely N-dealkylation sites (N-methyl/N-ethyl adjacent to an activating group) is 1. The minimum atomic E-state index is 0.734. The van der Waals surface area contributed by atoms with Crippen LogP contribution in [-0.4, -0.2) is 27.8 Å². The minimum absolute atomic E-state index is 0.734. The molecule has 0 unspecified atom stereocenters. The van der Waals surface area contributed by atoms with Crippen LogP contribution in [0.3, 0.4) is 0 Å². The molecule has 0 spiro atoms. The first-order valence-electron chi connectivity index (χ1n) is 5.32. The van der Waals surface area contributed by atoms with Crippen LogP contribution in [0.5, 0.6) is 0 Å². The Balaban J connectivity index is 2.34. The van der Waals surface area contributed by atoms with E-state index in [4.69, 9.17) is 5.73 Å². The number of aromatic nitrogens is 2. The molecular weight excluding hydrogens is 176 g/mol. The van der Waals surface area contributed by atoms with Gasteiger partial charge in [-0.2, -0.15) is 5.10 Å². The van der Waals surface area contributed by atoms with Gasteiger partial charge in [-0.15, -0.1) is 0 Å². The van der Waals surface area contributed by atoms with Crippen molar-refractivity contribution in [3.05, 3.63) is 11.3 Å². The van der Waals surface area contributed by atoms with Gasteiger partial charge in [0, 0.05) is 25.2 Å². The normalized spacial score (nSPS) is 17.0. The minimum Gasteiger partial charge on any atom is -0.382 e. The van der Waals surface area contributed by atoms with Crippen LogP contribution in [0.1, 0.15) is 25.1 Å². The van der Waals surface area contributed by atoms with Crippen LogP contribution in [0.25, 0.3) is 0 Å². The van der Waals surface area contributed by atoms with Crippen molar-refractivity contribution in [1.29, 1.82) is 0 Å². The molecule has 0 bridgehead atoms. The molecule has 1 aromatic heterocycles. The van der Waals surface area contributed by atoms with Crippen molar-refractivity contribution in [2.75, 3.05) is 18.8 Å². The lowest BCUT2D eigenvalue weighted by Gasteiger charge is -2.25. The van der Waals surface area contributed by atoms with Gasteiger partial charge in [0.1, 0.15) is 5.82 Å². The van der Waals surface area contributed by atoms with Gasteiger partial charge < -0.3 is 5.73 Å². The van der Waals surface area contributed by atoms with E-state index in [9.17, 15) is 0 Å². The quantitative estimate of drug-likeness (QED) is 0.759. The zero-order valence-electron chi connectivity index (χ0n) is 8.95. The summed E-state index contributed by atoms with van der Waals surface area (Å²) in [5.41, 5.74) is 8.47. The van der Waals surface area contributed by atoms with Gasteiger partial charge in [0.15, 0.2) is 0 Å². The number of hydrogen-bond donors (Lipinski definition) is 1. The number of rotatable bonds is 2. The van der Waals surface area contributed by atoms with Crippen molar-refractivity contribution in [3.63, 3.8) is 0 Å². The fourth-order valence-electron chi connectivity index (χ4n) is 2.10. The molecule has 0 aromatic carbocycles. The summed E-state index contributed by atoms with van der Waals surface area (Å²) in [6.45, 7) is 8.44. The van der Waals surface area contributed by atoms with E-state index in [0.717, 1.165) is 38.4 Å². The van der Waals surface area contributed by atoms with Crippen molar-refractivity contribution in [2.45, 2.75) is 33.4 Å². The molecule has 4 heteroatoms.